The van der Waals surface area contributed by atoms with Gasteiger partial charge in [0, 0.05) is 19.6 Å². The van der Waals surface area contributed by atoms with Crippen LogP contribution in [-0.4, -0.2) is 59.7 Å². The molecule has 1 atom stereocenters. The first kappa shape index (κ1) is 18.8. The Labute approximate surface area is 156 Å². The van der Waals surface area contributed by atoms with Crippen LogP contribution in [0.25, 0.3) is 0 Å². The van der Waals surface area contributed by atoms with Crippen LogP contribution in [0.4, 0.5) is 17.5 Å². The Bertz CT molecular complexity index is 779. The van der Waals surface area contributed by atoms with Crippen molar-refractivity contribution in [3.8, 4) is 5.75 Å². The van der Waals surface area contributed by atoms with Crippen molar-refractivity contribution >= 4 is 17.5 Å². The number of nitro groups is 1. The SMILES string of the molecule is COc1ccc(C(CNc2ncc([N+](=O)[O-])c(N)n2)N2CCOCC2)cc1. The number of benzene rings is 1. The summed E-state index contributed by atoms with van der Waals surface area (Å²) >= 11 is 0. The van der Waals surface area contributed by atoms with Gasteiger partial charge in [0.05, 0.1) is 31.3 Å². The summed E-state index contributed by atoms with van der Waals surface area (Å²) in [5, 5.41) is 14.0. The Hall–Kier alpha value is -2.98. The second-order valence-electron chi connectivity index (χ2n) is 6.04. The number of aromatic nitrogens is 2. The molecule has 27 heavy (non-hydrogen) atoms. The van der Waals surface area contributed by atoms with Gasteiger partial charge in [0.25, 0.3) is 0 Å². The number of hydrogen-bond acceptors (Lipinski definition) is 9. The fourth-order valence-corrected chi connectivity index (χ4v) is 2.98. The zero-order valence-electron chi connectivity index (χ0n) is 15.0. The number of anilines is 2. The third-order valence-electron chi connectivity index (χ3n) is 4.44. The van der Waals surface area contributed by atoms with Crippen molar-refractivity contribution in [1.29, 1.82) is 0 Å². The van der Waals surface area contributed by atoms with Crippen LogP contribution < -0.4 is 15.8 Å². The summed E-state index contributed by atoms with van der Waals surface area (Å²) in [6.45, 7) is 3.48. The van der Waals surface area contributed by atoms with Gasteiger partial charge in [-0.2, -0.15) is 4.98 Å². The highest BCUT2D eigenvalue weighted by molar-refractivity contribution is 5.53. The molecule has 1 aromatic carbocycles. The molecule has 0 spiro atoms. The Balaban J connectivity index is 1.76. The third kappa shape index (κ3) is 4.60. The lowest BCUT2D eigenvalue weighted by atomic mass is 10.0. The molecule has 144 valence electrons. The van der Waals surface area contributed by atoms with Gasteiger partial charge in [0.15, 0.2) is 0 Å². The number of hydrogen-bond donors (Lipinski definition) is 2. The minimum absolute atomic E-state index is 0.0554. The number of nitrogen functional groups attached to an aromatic ring is 1. The van der Waals surface area contributed by atoms with Crippen molar-refractivity contribution in [3.05, 3.63) is 46.1 Å². The van der Waals surface area contributed by atoms with Crippen LogP contribution >= 0.6 is 0 Å². The van der Waals surface area contributed by atoms with E-state index in [0.717, 1.165) is 30.6 Å². The average molecular weight is 374 g/mol. The van der Waals surface area contributed by atoms with Crippen LogP contribution in [0, 0.1) is 10.1 Å². The maximum Gasteiger partial charge on any atom is 0.329 e. The molecule has 1 aliphatic rings. The average Bonchev–Trinajstić information content (AvgIpc) is 2.69. The fourth-order valence-electron chi connectivity index (χ4n) is 2.98. The van der Waals surface area contributed by atoms with Crippen molar-refractivity contribution in [2.45, 2.75) is 6.04 Å². The lowest BCUT2D eigenvalue weighted by Crippen LogP contribution is -2.41. The molecule has 1 aromatic heterocycles. The van der Waals surface area contributed by atoms with E-state index in [1.165, 1.54) is 0 Å². The maximum absolute atomic E-state index is 10.8. The first-order valence-electron chi connectivity index (χ1n) is 8.55. The first-order chi connectivity index (χ1) is 13.1. The van der Waals surface area contributed by atoms with Gasteiger partial charge in [0.1, 0.15) is 11.9 Å². The van der Waals surface area contributed by atoms with E-state index in [4.69, 9.17) is 15.2 Å². The standard InChI is InChI=1S/C17H22N6O4/c1-26-13-4-2-12(3-5-13)14(22-6-8-27-9-7-22)10-19-17-20-11-15(23(24)25)16(18)21-17/h2-5,11,14H,6-10H2,1H3,(H3,18,19,20,21). The van der Waals surface area contributed by atoms with E-state index in [1.807, 2.05) is 24.3 Å². The van der Waals surface area contributed by atoms with Crippen molar-refractivity contribution in [3.63, 3.8) is 0 Å². The van der Waals surface area contributed by atoms with Crippen LogP contribution in [0.5, 0.6) is 5.75 Å². The van der Waals surface area contributed by atoms with Crippen LogP contribution in [-0.2, 0) is 4.74 Å². The third-order valence-corrected chi connectivity index (χ3v) is 4.44. The van der Waals surface area contributed by atoms with Crippen LogP contribution in [0.2, 0.25) is 0 Å². The fraction of sp³-hybridized carbons (Fsp3) is 0.412. The van der Waals surface area contributed by atoms with Gasteiger partial charge < -0.3 is 20.5 Å². The van der Waals surface area contributed by atoms with Crippen molar-refractivity contribution in [2.24, 2.45) is 0 Å². The summed E-state index contributed by atoms with van der Waals surface area (Å²) in [6, 6.07) is 7.93. The summed E-state index contributed by atoms with van der Waals surface area (Å²) in [5.41, 5.74) is 6.45. The van der Waals surface area contributed by atoms with Gasteiger partial charge in [-0.3, -0.25) is 15.0 Å². The molecular formula is C17H22N6O4. The molecule has 1 unspecified atom stereocenters. The van der Waals surface area contributed by atoms with Gasteiger partial charge in [-0.1, -0.05) is 12.1 Å². The highest BCUT2D eigenvalue weighted by Crippen LogP contribution is 2.25. The Morgan fingerprint density at radius 2 is 2.07 bits per heavy atom. The summed E-state index contributed by atoms with van der Waals surface area (Å²) < 4.78 is 10.7. The molecule has 1 aliphatic heterocycles. The van der Waals surface area contributed by atoms with E-state index in [0.29, 0.717) is 19.8 Å². The number of nitrogens with zero attached hydrogens (tertiary/aromatic N) is 4. The lowest BCUT2D eigenvalue weighted by molar-refractivity contribution is -0.384. The van der Waals surface area contributed by atoms with Crippen molar-refractivity contribution in [2.75, 3.05) is 51.0 Å². The van der Waals surface area contributed by atoms with Crippen LogP contribution in [0.3, 0.4) is 0 Å². The van der Waals surface area contributed by atoms with E-state index in [-0.39, 0.29) is 23.5 Å². The zero-order chi connectivity index (χ0) is 19.2. The Morgan fingerprint density at radius 3 is 2.67 bits per heavy atom. The molecule has 0 aliphatic carbocycles. The molecule has 1 saturated heterocycles. The smallest absolute Gasteiger partial charge is 0.329 e. The normalized spacial score (nSPS) is 15.9. The molecule has 10 heteroatoms. The maximum atomic E-state index is 10.8. The van der Waals surface area contributed by atoms with Gasteiger partial charge in [-0.15, -0.1) is 0 Å². The highest BCUT2D eigenvalue weighted by atomic mass is 16.6. The topological polar surface area (TPSA) is 129 Å². The molecule has 0 radical (unpaired) electrons. The molecule has 0 bridgehead atoms. The number of nitrogens with two attached hydrogens (primary N) is 1. The monoisotopic (exact) mass is 374 g/mol. The highest BCUT2D eigenvalue weighted by Gasteiger charge is 2.23. The largest absolute Gasteiger partial charge is 0.497 e. The molecule has 10 nitrogen and oxygen atoms in total. The molecule has 0 saturated carbocycles. The second kappa shape index (κ2) is 8.60. The summed E-state index contributed by atoms with van der Waals surface area (Å²) in [6.07, 6.45) is 1.11. The molecule has 2 heterocycles. The van der Waals surface area contributed by atoms with Crippen LogP contribution in [0.15, 0.2) is 30.5 Å². The summed E-state index contributed by atoms with van der Waals surface area (Å²) in [5.74, 6) is 0.883. The predicted molar refractivity (Wildman–Crippen MR) is 99.7 cm³/mol. The Morgan fingerprint density at radius 1 is 1.37 bits per heavy atom. The number of nitrogens with one attached hydrogen (secondary N) is 1. The minimum Gasteiger partial charge on any atom is -0.497 e. The Kier molecular flexibility index (Phi) is 5.99. The molecule has 3 rings (SSSR count). The first-order valence-corrected chi connectivity index (χ1v) is 8.55. The molecular weight excluding hydrogens is 352 g/mol. The molecule has 1 fully saturated rings. The summed E-state index contributed by atoms with van der Waals surface area (Å²) in [4.78, 5) is 20.5. The molecule has 3 N–H and O–H groups in total. The van der Waals surface area contributed by atoms with E-state index < -0.39 is 4.92 Å². The van der Waals surface area contributed by atoms with Gasteiger partial charge in [0.2, 0.25) is 11.8 Å². The number of methoxy groups -OCH3 is 1. The van der Waals surface area contributed by atoms with E-state index in [1.54, 1.807) is 7.11 Å². The van der Waals surface area contributed by atoms with Gasteiger partial charge in [-0.05, 0) is 17.7 Å². The predicted octanol–water partition coefficient (Wildman–Crippen LogP) is 1.46. The van der Waals surface area contributed by atoms with Gasteiger partial charge in [-0.25, -0.2) is 4.98 Å². The quantitative estimate of drug-likeness (QED) is 0.546. The van der Waals surface area contributed by atoms with Crippen molar-refractivity contribution < 1.29 is 14.4 Å². The molecule has 0 amide bonds. The van der Waals surface area contributed by atoms with Gasteiger partial charge >= 0.3 is 5.69 Å². The van der Waals surface area contributed by atoms with Crippen LogP contribution in [0.1, 0.15) is 11.6 Å². The number of ether oxygens (including phenoxy) is 2. The second-order valence-corrected chi connectivity index (χ2v) is 6.04. The minimum atomic E-state index is -0.604. The molecule has 2 aromatic rings. The van der Waals surface area contributed by atoms with E-state index in [2.05, 4.69) is 20.2 Å². The van der Waals surface area contributed by atoms with Crippen molar-refractivity contribution in [1.82, 2.24) is 14.9 Å². The van der Waals surface area contributed by atoms with E-state index >= 15 is 0 Å². The number of morpholine rings is 1. The lowest BCUT2D eigenvalue weighted by Gasteiger charge is -2.35. The number of rotatable bonds is 7. The van der Waals surface area contributed by atoms with E-state index in [9.17, 15) is 10.1 Å². The summed E-state index contributed by atoms with van der Waals surface area (Å²) in [7, 11) is 1.63. The zero-order valence-corrected chi connectivity index (χ0v) is 15.0.